The van der Waals surface area contributed by atoms with E-state index < -0.39 is 5.97 Å². The summed E-state index contributed by atoms with van der Waals surface area (Å²) in [5.74, 6) is -1.14. The topological polar surface area (TPSA) is 84.2 Å². The molecule has 0 saturated carbocycles. The van der Waals surface area contributed by atoms with Crippen LogP contribution in [-0.4, -0.2) is 26.8 Å². The van der Waals surface area contributed by atoms with Crippen LogP contribution < -0.4 is 5.32 Å². The first-order valence-corrected chi connectivity index (χ1v) is 6.62. The van der Waals surface area contributed by atoms with Crippen LogP contribution in [0.2, 0.25) is 0 Å². The average Bonchev–Trinajstić information content (AvgIpc) is 2.90. The third-order valence-corrected chi connectivity index (χ3v) is 3.12. The molecular formula is C15H17N3O3. The van der Waals surface area contributed by atoms with Gasteiger partial charge in [0.25, 0.3) is 5.91 Å². The molecule has 0 saturated heterocycles. The molecule has 2 rings (SSSR count). The standard InChI is InChI=1S/C15H17N3O3/c1-18-10-12(9-16-18)15(21)17-13(7-8-14(19)20)11-5-3-2-4-6-11/h2-6,9-10,13H,7-8H2,1H3,(H,17,21)(H,19,20). The molecule has 1 aromatic carbocycles. The monoisotopic (exact) mass is 287 g/mol. The minimum atomic E-state index is -0.883. The fourth-order valence-electron chi connectivity index (χ4n) is 2.06. The molecule has 1 unspecified atom stereocenters. The van der Waals surface area contributed by atoms with E-state index in [4.69, 9.17) is 5.11 Å². The lowest BCUT2D eigenvalue weighted by Gasteiger charge is -2.18. The van der Waals surface area contributed by atoms with Crippen molar-refractivity contribution in [3.8, 4) is 0 Å². The largest absolute Gasteiger partial charge is 0.481 e. The molecule has 1 amide bonds. The summed E-state index contributed by atoms with van der Waals surface area (Å²) in [4.78, 5) is 22.9. The van der Waals surface area contributed by atoms with E-state index in [0.717, 1.165) is 5.56 Å². The van der Waals surface area contributed by atoms with Crippen LogP contribution in [0.25, 0.3) is 0 Å². The Balaban J connectivity index is 2.12. The SMILES string of the molecule is Cn1cc(C(=O)NC(CCC(=O)O)c2ccccc2)cn1. The quantitative estimate of drug-likeness (QED) is 0.847. The van der Waals surface area contributed by atoms with Gasteiger partial charge >= 0.3 is 5.97 Å². The highest BCUT2D eigenvalue weighted by atomic mass is 16.4. The van der Waals surface area contributed by atoms with E-state index in [1.54, 1.807) is 17.9 Å². The molecule has 0 spiro atoms. The van der Waals surface area contributed by atoms with Crippen molar-refractivity contribution in [1.82, 2.24) is 15.1 Å². The maximum absolute atomic E-state index is 12.2. The van der Waals surface area contributed by atoms with Crippen molar-refractivity contribution in [2.45, 2.75) is 18.9 Å². The van der Waals surface area contributed by atoms with Gasteiger partial charge < -0.3 is 10.4 Å². The summed E-state index contributed by atoms with van der Waals surface area (Å²) in [7, 11) is 1.73. The van der Waals surface area contributed by atoms with Gasteiger partial charge in [0.2, 0.25) is 0 Å². The summed E-state index contributed by atoms with van der Waals surface area (Å²) in [6.45, 7) is 0. The minimum Gasteiger partial charge on any atom is -0.481 e. The van der Waals surface area contributed by atoms with Gasteiger partial charge in [-0.15, -0.1) is 0 Å². The summed E-state index contributed by atoms with van der Waals surface area (Å²) in [5, 5.41) is 15.7. The molecule has 6 nitrogen and oxygen atoms in total. The van der Waals surface area contributed by atoms with E-state index in [0.29, 0.717) is 12.0 Å². The van der Waals surface area contributed by atoms with E-state index in [-0.39, 0.29) is 18.4 Å². The Morgan fingerprint density at radius 2 is 2.05 bits per heavy atom. The highest BCUT2D eigenvalue weighted by molar-refractivity contribution is 5.94. The summed E-state index contributed by atoms with van der Waals surface area (Å²) in [6.07, 6.45) is 3.43. The van der Waals surface area contributed by atoms with Crippen molar-refractivity contribution in [2.75, 3.05) is 0 Å². The Morgan fingerprint density at radius 3 is 2.62 bits per heavy atom. The number of amides is 1. The van der Waals surface area contributed by atoms with Gasteiger partial charge in [-0.3, -0.25) is 14.3 Å². The van der Waals surface area contributed by atoms with Gasteiger partial charge in [0, 0.05) is 19.7 Å². The molecular weight excluding hydrogens is 270 g/mol. The number of carboxylic acid groups (broad SMARTS) is 1. The van der Waals surface area contributed by atoms with E-state index in [2.05, 4.69) is 10.4 Å². The normalized spacial score (nSPS) is 11.9. The van der Waals surface area contributed by atoms with Crippen molar-refractivity contribution in [2.24, 2.45) is 7.05 Å². The Bertz CT molecular complexity index is 622. The molecule has 0 aliphatic carbocycles. The third-order valence-electron chi connectivity index (χ3n) is 3.12. The zero-order valence-electron chi connectivity index (χ0n) is 11.7. The molecule has 1 aromatic heterocycles. The maximum Gasteiger partial charge on any atom is 0.303 e. The summed E-state index contributed by atoms with van der Waals surface area (Å²) in [6, 6.07) is 9.00. The number of carbonyl (C=O) groups excluding carboxylic acids is 1. The predicted molar refractivity (Wildman–Crippen MR) is 76.7 cm³/mol. The molecule has 1 atom stereocenters. The lowest BCUT2D eigenvalue weighted by Crippen LogP contribution is -2.28. The third kappa shape index (κ3) is 4.17. The van der Waals surface area contributed by atoms with Gasteiger partial charge in [0.1, 0.15) is 0 Å². The number of aliphatic carboxylic acids is 1. The summed E-state index contributed by atoms with van der Waals surface area (Å²) >= 11 is 0. The molecule has 21 heavy (non-hydrogen) atoms. The van der Waals surface area contributed by atoms with Crippen molar-refractivity contribution in [1.29, 1.82) is 0 Å². The van der Waals surface area contributed by atoms with Crippen LogP contribution in [-0.2, 0) is 11.8 Å². The molecule has 0 aliphatic rings. The number of rotatable bonds is 6. The molecule has 2 aromatic rings. The van der Waals surface area contributed by atoms with Crippen LogP contribution in [0.5, 0.6) is 0 Å². The van der Waals surface area contributed by atoms with Crippen molar-refractivity contribution >= 4 is 11.9 Å². The van der Waals surface area contributed by atoms with Crippen LogP contribution in [0.4, 0.5) is 0 Å². The molecule has 1 heterocycles. The van der Waals surface area contributed by atoms with E-state index in [1.807, 2.05) is 30.3 Å². The Kier molecular flexibility index (Phi) is 4.71. The second-order valence-electron chi connectivity index (χ2n) is 4.77. The van der Waals surface area contributed by atoms with Crippen molar-refractivity contribution in [3.05, 3.63) is 53.9 Å². The fraction of sp³-hybridized carbons (Fsp3) is 0.267. The Hall–Kier alpha value is -2.63. The fourth-order valence-corrected chi connectivity index (χ4v) is 2.06. The van der Waals surface area contributed by atoms with E-state index in [9.17, 15) is 9.59 Å². The van der Waals surface area contributed by atoms with Crippen molar-refractivity contribution in [3.63, 3.8) is 0 Å². The Morgan fingerprint density at radius 1 is 1.33 bits per heavy atom. The second-order valence-corrected chi connectivity index (χ2v) is 4.77. The van der Waals surface area contributed by atoms with Gasteiger partial charge in [0.15, 0.2) is 0 Å². The highest BCUT2D eigenvalue weighted by Crippen LogP contribution is 2.19. The van der Waals surface area contributed by atoms with Crippen LogP contribution in [0.3, 0.4) is 0 Å². The number of hydrogen-bond donors (Lipinski definition) is 2. The number of hydrogen-bond acceptors (Lipinski definition) is 3. The molecule has 0 aliphatic heterocycles. The van der Waals surface area contributed by atoms with E-state index >= 15 is 0 Å². The first-order chi connectivity index (χ1) is 10.1. The zero-order valence-corrected chi connectivity index (χ0v) is 11.7. The lowest BCUT2D eigenvalue weighted by atomic mass is 10.0. The average molecular weight is 287 g/mol. The van der Waals surface area contributed by atoms with Crippen LogP contribution in [0, 0.1) is 0 Å². The maximum atomic E-state index is 12.2. The number of benzene rings is 1. The Labute approximate surface area is 122 Å². The molecule has 0 bridgehead atoms. The minimum absolute atomic E-state index is 0.00706. The predicted octanol–water partition coefficient (Wildman–Crippen LogP) is 1.76. The second kappa shape index (κ2) is 6.69. The highest BCUT2D eigenvalue weighted by Gasteiger charge is 2.17. The number of nitrogens with zero attached hydrogens (tertiary/aromatic N) is 2. The molecule has 0 radical (unpaired) electrons. The molecule has 0 fully saturated rings. The van der Waals surface area contributed by atoms with Crippen LogP contribution in [0.15, 0.2) is 42.7 Å². The number of carboxylic acids is 1. The first-order valence-electron chi connectivity index (χ1n) is 6.62. The van der Waals surface area contributed by atoms with Gasteiger partial charge in [-0.05, 0) is 12.0 Å². The van der Waals surface area contributed by atoms with Gasteiger partial charge in [-0.25, -0.2) is 0 Å². The summed E-state index contributed by atoms with van der Waals surface area (Å²) < 4.78 is 1.55. The zero-order chi connectivity index (χ0) is 15.2. The molecule has 2 N–H and O–H groups in total. The van der Waals surface area contributed by atoms with E-state index in [1.165, 1.54) is 6.20 Å². The van der Waals surface area contributed by atoms with Crippen molar-refractivity contribution < 1.29 is 14.7 Å². The first kappa shape index (κ1) is 14.8. The number of nitrogens with one attached hydrogen (secondary N) is 1. The van der Waals surface area contributed by atoms with Crippen LogP contribution >= 0.6 is 0 Å². The summed E-state index contributed by atoms with van der Waals surface area (Å²) in [5.41, 5.74) is 1.34. The lowest BCUT2D eigenvalue weighted by molar-refractivity contribution is -0.137. The van der Waals surface area contributed by atoms with Crippen LogP contribution in [0.1, 0.15) is 34.8 Å². The van der Waals surface area contributed by atoms with Gasteiger partial charge in [-0.1, -0.05) is 30.3 Å². The molecule has 110 valence electrons. The number of aryl methyl sites for hydroxylation is 1. The number of aromatic nitrogens is 2. The van der Waals surface area contributed by atoms with Gasteiger partial charge in [0.05, 0.1) is 17.8 Å². The number of carbonyl (C=O) groups is 2. The van der Waals surface area contributed by atoms with Gasteiger partial charge in [-0.2, -0.15) is 5.10 Å². The molecule has 6 heteroatoms. The smallest absolute Gasteiger partial charge is 0.303 e.